The third-order valence-electron chi connectivity index (χ3n) is 4.93. The summed E-state index contributed by atoms with van der Waals surface area (Å²) in [6.45, 7) is 5.79. The Kier molecular flexibility index (Phi) is 2.66. The average molecular weight is 222 g/mol. The van der Waals surface area contributed by atoms with E-state index in [1.54, 1.807) is 6.92 Å². The minimum absolute atomic E-state index is 0.243. The maximum absolute atomic E-state index is 11.3. The van der Waals surface area contributed by atoms with E-state index in [-0.39, 0.29) is 5.91 Å². The molecular weight excluding hydrogens is 200 g/mol. The molecule has 3 atom stereocenters. The molecule has 1 aliphatic heterocycles. The summed E-state index contributed by atoms with van der Waals surface area (Å²) < 4.78 is 0. The van der Waals surface area contributed by atoms with Crippen molar-refractivity contribution in [3.05, 3.63) is 0 Å². The number of amides is 1. The Hall–Kier alpha value is -0.570. The van der Waals surface area contributed by atoms with Crippen molar-refractivity contribution < 1.29 is 4.79 Å². The lowest BCUT2D eigenvalue weighted by Gasteiger charge is -2.40. The Morgan fingerprint density at radius 2 is 1.81 bits per heavy atom. The number of hydrogen-bond donors (Lipinski definition) is 0. The Morgan fingerprint density at radius 1 is 1.06 bits per heavy atom. The highest BCUT2D eigenvalue weighted by Crippen LogP contribution is 2.46. The fraction of sp³-hybridized carbons (Fsp3) is 0.923. The summed E-state index contributed by atoms with van der Waals surface area (Å²) in [7, 11) is 0. The van der Waals surface area contributed by atoms with Crippen LogP contribution >= 0.6 is 0 Å². The van der Waals surface area contributed by atoms with Gasteiger partial charge in [-0.3, -0.25) is 9.69 Å². The fourth-order valence-corrected chi connectivity index (χ4v) is 4.03. The van der Waals surface area contributed by atoms with Gasteiger partial charge in [-0.15, -0.1) is 0 Å². The molecule has 3 nitrogen and oxygen atoms in total. The molecule has 16 heavy (non-hydrogen) atoms. The predicted molar refractivity (Wildman–Crippen MR) is 63.1 cm³/mol. The van der Waals surface area contributed by atoms with E-state index in [1.165, 1.54) is 25.7 Å². The molecule has 0 radical (unpaired) electrons. The highest BCUT2D eigenvalue weighted by molar-refractivity contribution is 5.73. The van der Waals surface area contributed by atoms with Gasteiger partial charge in [0.15, 0.2) is 0 Å². The van der Waals surface area contributed by atoms with Crippen LogP contribution in [0.2, 0.25) is 0 Å². The molecule has 0 N–H and O–H groups in total. The van der Waals surface area contributed by atoms with E-state index in [4.69, 9.17) is 0 Å². The molecule has 2 aliphatic carbocycles. The van der Waals surface area contributed by atoms with Crippen LogP contribution in [0.5, 0.6) is 0 Å². The Balaban J connectivity index is 1.56. The second-order valence-corrected chi connectivity index (χ2v) is 5.78. The van der Waals surface area contributed by atoms with Gasteiger partial charge in [0.2, 0.25) is 5.91 Å². The normalized spacial score (nSPS) is 39.3. The number of rotatable bonds is 1. The van der Waals surface area contributed by atoms with Crippen LogP contribution in [0.4, 0.5) is 0 Å². The van der Waals surface area contributed by atoms with Crippen LogP contribution in [-0.2, 0) is 4.79 Å². The van der Waals surface area contributed by atoms with E-state index < -0.39 is 0 Å². The van der Waals surface area contributed by atoms with Gasteiger partial charge >= 0.3 is 0 Å². The van der Waals surface area contributed by atoms with Gasteiger partial charge in [-0.1, -0.05) is 6.42 Å². The van der Waals surface area contributed by atoms with Crippen LogP contribution in [0.1, 0.15) is 32.6 Å². The molecular formula is C13H22N2O. The number of fused-ring (bicyclic) bond motifs is 2. The second-order valence-electron chi connectivity index (χ2n) is 5.78. The molecule has 2 bridgehead atoms. The third-order valence-corrected chi connectivity index (χ3v) is 4.93. The van der Waals surface area contributed by atoms with Gasteiger partial charge in [0.1, 0.15) is 0 Å². The van der Waals surface area contributed by atoms with E-state index in [2.05, 4.69) is 4.90 Å². The van der Waals surface area contributed by atoms with Crippen molar-refractivity contribution in [1.29, 1.82) is 0 Å². The van der Waals surface area contributed by atoms with Crippen LogP contribution in [0.15, 0.2) is 0 Å². The maximum Gasteiger partial charge on any atom is 0.219 e. The first-order valence-electron chi connectivity index (χ1n) is 6.73. The molecule has 0 unspecified atom stereocenters. The molecule has 90 valence electrons. The van der Waals surface area contributed by atoms with Crippen molar-refractivity contribution in [1.82, 2.24) is 9.80 Å². The largest absolute Gasteiger partial charge is 0.340 e. The number of hydrogen-bond acceptors (Lipinski definition) is 2. The highest BCUT2D eigenvalue weighted by atomic mass is 16.2. The average Bonchev–Trinajstić information content (AvgIpc) is 2.91. The molecule has 1 amide bonds. The topological polar surface area (TPSA) is 23.6 Å². The van der Waals surface area contributed by atoms with Crippen molar-refractivity contribution in [2.45, 2.75) is 38.6 Å². The van der Waals surface area contributed by atoms with Gasteiger partial charge in [0.25, 0.3) is 0 Å². The monoisotopic (exact) mass is 222 g/mol. The number of carbonyl (C=O) groups is 1. The molecule has 0 aromatic carbocycles. The summed E-state index contributed by atoms with van der Waals surface area (Å²) in [5.74, 6) is 2.25. The van der Waals surface area contributed by atoms with Gasteiger partial charge in [-0.2, -0.15) is 0 Å². The quantitative estimate of drug-likeness (QED) is 0.668. The van der Waals surface area contributed by atoms with E-state index in [0.29, 0.717) is 0 Å². The molecule has 3 fully saturated rings. The fourth-order valence-electron chi connectivity index (χ4n) is 4.03. The zero-order chi connectivity index (χ0) is 11.1. The molecule has 1 saturated heterocycles. The van der Waals surface area contributed by atoms with Crippen LogP contribution < -0.4 is 0 Å². The number of carbonyl (C=O) groups excluding carboxylic acids is 1. The zero-order valence-corrected chi connectivity index (χ0v) is 10.2. The Morgan fingerprint density at radius 3 is 2.31 bits per heavy atom. The lowest BCUT2D eigenvalue weighted by molar-refractivity contribution is -0.131. The van der Waals surface area contributed by atoms with Crippen molar-refractivity contribution >= 4 is 5.91 Å². The standard InChI is InChI=1S/C13H22N2O/c1-10(16)14-4-6-15(7-5-14)13-9-11-2-3-12(13)8-11/h11-13H,2-9H2,1H3/t11-,12-,13-/m0/s1. The SMILES string of the molecule is CC(=O)N1CCN([C@H]2C[C@H]3CC[C@H]2C3)CC1. The van der Waals surface area contributed by atoms with E-state index in [0.717, 1.165) is 44.1 Å². The summed E-state index contributed by atoms with van der Waals surface area (Å²) in [6, 6.07) is 0.854. The molecule has 3 aliphatic rings. The van der Waals surface area contributed by atoms with Crippen LogP contribution in [-0.4, -0.2) is 47.9 Å². The summed E-state index contributed by atoms with van der Waals surface area (Å²) in [5, 5.41) is 0. The number of nitrogens with zero attached hydrogens (tertiary/aromatic N) is 2. The van der Waals surface area contributed by atoms with Gasteiger partial charge in [0.05, 0.1) is 0 Å². The molecule has 1 heterocycles. The molecule has 0 aromatic rings. The minimum Gasteiger partial charge on any atom is -0.340 e. The maximum atomic E-state index is 11.3. The Labute approximate surface area is 97.8 Å². The van der Waals surface area contributed by atoms with Crippen molar-refractivity contribution in [2.75, 3.05) is 26.2 Å². The van der Waals surface area contributed by atoms with Crippen molar-refractivity contribution in [3.63, 3.8) is 0 Å². The van der Waals surface area contributed by atoms with E-state index in [9.17, 15) is 4.79 Å². The lowest BCUT2D eigenvalue weighted by Crippen LogP contribution is -2.52. The molecule has 3 rings (SSSR count). The zero-order valence-electron chi connectivity index (χ0n) is 10.2. The predicted octanol–water partition coefficient (Wildman–Crippen LogP) is 1.34. The number of piperazine rings is 1. The first-order chi connectivity index (χ1) is 7.74. The first-order valence-corrected chi connectivity index (χ1v) is 6.73. The smallest absolute Gasteiger partial charge is 0.219 e. The van der Waals surface area contributed by atoms with Crippen LogP contribution in [0, 0.1) is 11.8 Å². The highest BCUT2D eigenvalue weighted by Gasteiger charge is 2.42. The van der Waals surface area contributed by atoms with Gasteiger partial charge in [0, 0.05) is 39.1 Å². The molecule has 2 saturated carbocycles. The second kappa shape index (κ2) is 4.02. The Bertz CT molecular complexity index is 284. The van der Waals surface area contributed by atoms with E-state index >= 15 is 0 Å². The van der Waals surface area contributed by atoms with Gasteiger partial charge < -0.3 is 4.90 Å². The minimum atomic E-state index is 0.243. The van der Waals surface area contributed by atoms with Gasteiger partial charge in [-0.25, -0.2) is 0 Å². The summed E-state index contributed by atoms with van der Waals surface area (Å²) >= 11 is 0. The summed E-state index contributed by atoms with van der Waals surface area (Å²) in [5.41, 5.74) is 0. The van der Waals surface area contributed by atoms with Crippen LogP contribution in [0.25, 0.3) is 0 Å². The summed E-state index contributed by atoms with van der Waals surface area (Å²) in [6.07, 6.45) is 5.86. The van der Waals surface area contributed by atoms with Gasteiger partial charge in [-0.05, 0) is 31.1 Å². The molecule has 0 aromatic heterocycles. The van der Waals surface area contributed by atoms with E-state index in [1.807, 2.05) is 4.90 Å². The lowest BCUT2D eigenvalue weighted by atomic mass is 9.93. The first kappa shape index (κ1) is 10.6. The third kappa shape index (κ3) is 1.75. The molecule has 3 heteroatoms. The van der Waals surface area contributed by atoms with Crippen molar-refractivity contribution in [2.24, 2.45) is 11.8 Å². The van der Waals surface area contributed by atoms with Crippen molar-refractivity contribution in [3.8, 4) is 0 Å². The van der Waals surface area contributed by atoms with Crippen LogP contribution in [0.3, 0.4) is 0 Å². The summed E-state index contributed by atoms with van der Waals surface area (Å²) in [4.78, 5) is 15.9. The molecule has 0 spiro atoms.